The van der Waals surface area contributed by atoms with Crippen molar-refractivity contribution in [3.63, 3.8) is 0 Å². The van der Waals surface area contributed by atoms with E-state index >= 15 is 0 Å². The fourth-order valence-corrected chi connectivity index (χ4v) is 3.27. The van der Waals surface area contributed by atoms with E-state index in [1.165, 1.54) is 16.9 Å². The van der Waals surface area contributed by atoms with Crippen LogP contribution in [0, 0.1) is 0 Å². The number of nitrogens with zero attached hydrogens (tertiary/aromatic N) is 2. The van der Waals surface area contributed by atoms with Gasteiger partial charge in [0, 0.05) is 17.2 Å². The third kappa shape index (κ3) is 2.49. The minimum absolute atomic E-state index is 0.0891. The molecule has 18 heavy (non-hydrogen) atoms. The number of benzene rings is 1. The Morgan fingerprint density at radius 3 is 2.67 bits per heavy atom. The molecule has 0 radical (unpaired) electrons. The van der Waals surface area contributed by atoms with Crippen molar-refractivity contribution in [2.45, 2.75) is 5.03 Å². The largest absolute Gasteiger partial charge is 0.399 e. The highest BCUT2D eigenvalue weighted by atomic mass is 79.9. The molecule has 0 atom stereocenters. The molecule has 0 unspecified atom stereocenters. The Kier molecular flexibility index (Phi) is 3.31. The molecule has 3 N–H and O–H groups in total. The zero-order valence-electron chi connectivity index (χ0n) is 9.46. The Hall–Kier alpha value is -1.54. The maximum atomic E-state index is 12.1. The van der Waals surface area contributed by atoms with Crippen LogP contribution in [0.1, 0.15) is 0 Å². The summed E-state index contributed by atoms with van der Waals surface area (Å²) in [5.41, 5.74) is 6.56. The highest BCUT2D eigenvalue weighted by Gasteiger charge is 2.18. The lowest BCUT2D eigenvalue weighted by molar-refractivity contribution is 0.582. The van der Waals surface area contributed by atoms with E-state index in [9.17, 15) is 8.42 Å². The van der Waals surface area contributed by atoms with Gasteiger partial charge in [-0.15, -0.1) is 0 Å². The fourth-order valence-electron chi connectivity index (χ4n) is 1.44. The minimum Gasteiger partial charge on any atom is -0.399 e. The van der Waals surface area contributed by atoms with Crippen molar-refractivity contribution in [3.8, 4) is 0 Å². The first kappa shape index (κ1) is 12.9. The van der Waals surface area contributed by atoms with Crippen LogP contribution in [0.4, 0.5) is 11.4 Å². The van der Waals surface area contributed by atoms with Crippen LogP contribution in [0.25, 0.3) is 0 Å². The molecule has 0 fully saturated rings. The van der Waals surface area contributed by atoms with E-state index in [-0.39, 0.29) is 5.03 Å². The topological polar surface area (TPSA) is 90.0 Å². The van der Waals surface area contributed by atoms with Crippen LogP contribution >= 0.6 is 15.9 Å². The van der Waals surface area contributed by atoms with Gasteiger partial charge in [0.2, 0.25) is 0 Å². The first-order chi connectivity index (χ1) is 8.40. The molecule has 1 aromatic heterocycles. The van der Waals surface area contributed by atoms with Crippen molar-refractivity contribution in [2.75, 3.05) is 10.5 Å². The zero-order chi connectivity index (χ0) is 13.3. The van der Waals surface area contributed by atoms with Gasteiger partial charge in [-0.3, -0.25) is 9.40 Å². The normalized spacial score (nSPS) is 11.4. The standard InChI is InChI=1S/C10H11BrN4O2S/c1-15-10(4-5-13-15)18(16,17)14-9-3-2-7(12)6-8(9)11/h2-6,14H,12H2,1H3. The van der Waals surface area contributed by atoms with Gasteiger partial charge in [-0.1, -0.05) is 0 Å². The van der Waals surface area contributed by atoms with Crippen LogP contribution in [0.2, 0.25) is 0 Å². The van der Waals surface area contributed by atoms with E-state index in [4.69, 9.17) is 5.73 Å². The number of hydrogen-bond acceptors (Lipinski definition) is 4. The third-order valence-corrected chi connectivity index (χ3v) is 4.38. The van der Waals surface area contributed by atoms with E-state index in [1.54, 1.807) is 25.2 Å². The van der Waals surface area contributed by atoms with Crippen molar-refractivity contribution in [3.05, 3.63) is 34.9 Å². The van der Waals surface area contributed by atoms with E-state index < -0.39 is 10.0 Å². The molecular weight excluding hydrogens is 320 g/mol. The Morgan fingerprint density at radius 2 is 2.11 bits per heavy atom. The summed E-state index contributed by atoms with van der Waals surface area (Å²) in [6.45, 7) is 0. The highest BCUT2D eigenvalue weighted by molar-refractivity contribution is 9.10. The average Bonchev–Trinajstić information content (AvgIpc) is 2.69. The maximum absolute atomic E-state index is 12.1. The smallest absolute Gasteiger partial charge is 0.279 e. The lowest BCUT2D eigenvalue weighted by atomic mass is 10.3. The summed E-state index contributed by atoms with van der Waals surface area (Å²) < 4.78 is 28.5. The van der Waals surface area contributed by atoms with Crippen LogP contribution in [0.3, 0.4) is 0 Å². The number of halogens is 1. The molecule has 0 saturated heterocycles. The van der Waals surface area contributed by atoms with E-state index in [2.05, 4.69) is 25.8 Å². The van der Waals surface area contributed by atoms with Crippen molar-refractivity contribution < 1.29 is 8.42 Å². The Morgan fingerprint density at radius 1 is 1.39 bits per heavy atom. The van der Waals surface area contributed by atoms with E-state index in [0.717, 1.165) is 0 Å². The van der Waals surface area contributed by atoms with Gasteiger partial charge in [0.1, 0.15) is 0 Å². The van der Waals surface area contributed by atoms with Gasteiger partial charge in [-0.05, 0) is 40.2 Å². The molecule has 0 aliphatic carbocycles. The second-order valence-corrected chi connectivity index (χ2v) is 6.12. The summed E-state index contributed by atoms with van der Waals surface area (Å²) in [4.78, 5) is 0. The molecular formula is C10H11BrN4O2S. The van der Waals surface area contributed by atoms with Crippen molar-refractivity contribution in [1.82, 2.24) is 9.78 Å². The number of rotatable bonds is 3. The predicted molar refractivity (Wildman–Crippen MR) is 72.6 cm³/mol. The van der Waals surface area contributed by atoms with Crippen molar-refractivity contribution in [1.29, 1.82) is 0 Å². The number of nitrogen functional groups attached to an aromatic ring is 1. The Balaban J connectivity index is 2.37. The summed E-state index contributed by atoms with van der Waals surface area (Å²) in [5.74, 6) is 0. The van der Waals surface area contributed by atoms with Gasteiger partial charge in [0.25, 0.3) is 10.0 Å². The van der Waals surface area contributed by atoms with E-state index in [0.29, 0.717) is 15.8 Å². The maximum Gasteiger partial charge on any atom is 0.279 e. The first-order valence-electron chi connectivity index (χ1n) is 4.96. The Bertz CT molecular complexity index is 681. The van der Waals surface area contributed by atoms with Gasteiger partial charge < -0.3 is 5.73 Å². The van der Waals surface area contributed by atoms with Crippen LogP contribution in [0.5, 0.6) is 0 Å². The number of anilines is 2. The molecule has 0 saturated carbocycles. The molecule has 0 bridgehead atoms. The second-order valence-electron chi connectivity index (χ2n) is 3.64. The van der Waals surface area contributed by atoms with Gasteiger partial charge in [-0.25, -0.2) is 0 Å². The number of hydrogen-bond donors (Lipinski definition) is 2. The van der Waals surface area contributed by atoms with Crippen LogP contribution in [0.15, 0.2) is 40.0 Å². The number of aryl methyl sites for hydroxylation is 1. The molecule has 6 nitrogen and oxygen atoms in total. The highest BCUT2D eigenvalue weighted by Crippen LogP contribution is 2.26. The molecule has 1 heterocycles. The lowest BCUT2D eigenvalue weighted by Gasteiger charge is -2.10. The van der Waals surface area contributed by atoms with Gasteiger partial charge >= 0.3 is 0 Å². The van der Waals surface area contributed by atoms with Crippen LogP contribution < -0.4 is 10.5 Å². The second kappa shape index (κ2) is 4.62. The first-order valence-corrected chi connectivity index (χ1v) is 7.23. The molecule has 0 aliphatic rings. The monoisotopic (exact) mass is 330 g/mol. The van der Waals surface area contributed by atoms with Gasteiger partial charge in [-0.2, -0.15) is 13.5 Å². The summed E-state index contributed by atoms with van der Waals surface area (Å²) in [7, 11) is -2.09. The molecule has 0 aliphatic heterocycles. The predicted octanol–water partition coefficient (Wildman–Crippen LogP) is 1.57. The van der Waals surface area contributed by atoms with Crippen LogP contribution in [-0.4, -0.2) is 18.2 Å². The fraction of sp³-hybridized carbons (Fsp3) is 0.100. The molecule has 0 spiro atoms. The SMILES string of the molecule is Cn1nccc1S(=O)(=O)Nc1ccc(N)cc1Br. The molecule has 1 aromatic carbocycles. The summed E-state index contributed by atoms with van der Waals surface area (Å²) in [6.07, 6.45) is 1.42. The molecule has 0 amide bonds. The van der Waals surface area contributed by atoms with Gasteiger partial charge in [0.15, 0.2) is 5.03 Å². The number of nitrogens with two attached hydrogens (primary N) is 1. The Labute approximate surface area is 113 Å². The third-order valence-electron chi connectivity index (χ3n) is 2.29. The number of sulfonamides is 1. The summed E-state index contributed by atoms with van der Waals surface area (Å²) >= 11 is 3.25. The van der Waals surface area contributed by atoms with Crippen molar-refractivity contribution in [2.24, 2.45) is 7.05 Å². The minimum atomic E-state index is -3.66. The molecule has 8 heteroatoms. The lowest BCUT2D eigenvalue weighted by Crippen LogP contribution is -2.16. The van der Waals surface area contributed by atoms with Crippen molar-refractivity contribution >= 4 is 37.3 Å². The molecule has 2 aromatic rings. The summed E-state index contributed by atoms with van der Waals surface area (Å²) in [6, 6.07) is 6.26. The summed E-state index contributed by atoms with van der Waals surface area (Å²) in [5, 5.41) is 3.92. The molecule has 96 valence electrons. The molecule has 2 rings (SSSR count). The zero-order valence-corrected chi connectivity index (χ0v) is 11.9. The van der Waals surface area contributed by atoms with E-state index in [1.807, 2.05) is 0 Å². The quantitative estimate of drug-likeness (QED) is 0.836. The number of nitrogens with one attached hydrogen (secondary N) is 1. The van der Waals surface area contributed by atoms with Crippen LogP contribution in [-0.2, 0) is 17.1 Å². The van der Waals surface area contributed by atoms with Gasteiger partial charge in [0.05, 0.1) is 11.9 Å². The average molecular weight is 331 g/mol. The number of aromatic nitrogens is 2.